The molecule has 1 atom stereocenters. The van der Waals surface area contributed by atoms with Gasteiger partial charge in [-0.1, -0.05) is 42.6 Å². The average molecular weight is 399 g/mol. The minimum absolute atomic E-state index is 0.0325. The molecule has 4 rings (SSSR count). The zero-order valence-electron chi connectivity index (χ0n) is 16.1. The first-order valence-electron chi connectivity index (χ1n) is 10.2. The molecule has 2 aliphatic rings. The fourth-order valence-electron chi connectivity index (χ4n) is 4.76. The van der Waals surface area contributed by atoms with Crippen LogP contribution >= 0.6 is 11.6 Å². The largest absolute Gasteiger partial charge is 0.381 e. The van der Waals surface area contributed by atoms with E-state index in [4.69, 9.17) is 16.3 Å². The molecule has 1 aromatic carbocycles. The van der Waals surface area contributed by atoms with Gasteiger partial charge in [0, 0.05) is 30.6 Å². The van der Waals surface area contributed by atoms with Crippen LogP contribution in [0.1, 0.15) is 55.7 Å². The van der Waals surface area contributed by atoms with E-state index in [2.05, 4.69) is 16.4 Å². The summed E-state index contributed by atoms with van der Waals surface area (Å²) >= 11 is 6.09. The van der Waals surface area contributed by atoms with Gasteiger partial charge >= 0.3 is 0 Å². The van der Waals surface area contributed by atoms with E-state index in [9.17, 15) is 4.79 Å². The van der Waals surface area contributed by atoms with Crippen LogP contribution in [0.3, 0.4) is 0 Å². The molecule has 0 bridgehead atoms. The SMILES string of the molecule is O=C(N[C@H](c1cccnc1)C1CCOCC1)C1(c2ccc(Cl)cc2)CCCC1. The van der Waals surface area contributed by atoms with Crippen molar-refractivity contribution in [3.8, 4) is 0 Å². The van der Waals surface area contributed by atoms with Crippen LogP contribution in [0, 0.1) is 5.92 Å². The third kappa shape index (κ3) is 3.94. The highest BCUT2D eigenvalue weighted by Crippen LogP contribution is 2.43. The number of halogens is 1. The van der Waals surface area contributed by atoms with E-state index < -0.39 is 5.41 Å². The average Bonchev–Trinajstić information content (AvgIpc) is 3.25. The lowest BCUT2D eigenvalue weighted by molar-refractivity contribution is -0.128. The summed E-state index contributed by atoms with van der Waals surface area (Å²) in [6.07, 6.45) is 9.47. The van der Waals surface area contributed by atoms with Gasteiger partial charge in [-0.2, -0.15) is 0 Å². The summed E-state index contributed by atoms with van der Waals surface area (Å²) in [6, 6.07) is 11.8. The minimum Gasteiger partial charge on any atom is -0.381 e. The van der Waals surface area contributed by atoms with E-state index in [1.54, 1.807) is 6.20 Å². The maximum Gasteiger partial charge on any atom is 0.231 e. The number of hydrogen-bond acceptors (Lipinski definition) is 3. The lowest BCUT2D eigenvalue weighted by atomic mass is 9.77. The van der Waals surface area contributed by atoms with E-state index in [0.717, 1.165) is 62.9 Å². The Hall–Kier alpha value is -1.91. The van der Waals surface area contributed by atoms with Crippen LogP contribution in [-0.2, 0) is 14.9 Å². The third-order valence-electron chi connectivity index (χ3n) is 6.36. The molecular weight excluding hydrogens is 372 g/mol. The molecule has 1 N–H and O–H groups in total. The molecule has 1 saturated heterocycles. The van der Waals surface area contributed by atoms with Crippen molar-refractivity contribution in [2.24, 2.45) is 5.92 Å². The Morgan fingerprint density at radius 1 is 1.14 bits per heavy atom. The summed E-state index contributed by atoms with van der Waals surface area (Å²) in [5.41, 5.74) is 1.69. The molecule has 1 aromatic heterocycles. The molecule has 2 fully saturated rings. The Labute approximate surface area is 171 Å². The van der Waals surface area contributed by atoms with Gasteiger partial charge in [-0.15, -0.1) is 0 Å². The molecule has 2 aromatic rings. The second-order valence-corrected chi connectivity index (χ2v) is 8.42. The predicted octanol–water partition coefficient (Wildman–Crippen LogP) is 4.83. The van der Waals surface area contributed by atoms with Crippen LogP contribution in [0.25, 0.3) is 0 Å². The molecule has 28 heavy (non-hydrogen) atoms. The van der Waals surface area contributed by atoms with Gasteiger partial charge in [0.05, 0.1) is 11.5 Å². The van der Waals surface area contributed by atoms with Gasteiger partial charge in [0.2, 0.25) is 5.91 Å². The first kappa shape index (κ1) is 19.4. The molecule has 1 aliphatic heterocycles. The van der Waals surface area contributed by atoms with Crippen LogP contribution in [0.15, 0.2) is 48.8 Å². The summed E-state index contributed by atoms with van der Waals surface area (Å²) < 4.78 is 5.55. The van der Waals surface area contributed by atoms with Crippen molar-refractivity contribution in [3.63, 3.8) is 0 Å². The van der Waals surface area contributed by atoms with Crippen molar-refractivity contribution >= 4 is 17.5 Å². The van der Waals surface area contributed by atoms with Gasteiger partial charge in [0.25, 0.3) is 0 Å². The van der Waals surface area contributed by atoms with E-state index in [0.29, 0.717) is 10.9 Å². The monoisotopic (exact) mass is 398 g/mol. The maximum atomic E-state index is 13.7. The Morgan fingerprint density at radius 3 is 2.50 bits per heavy atom. The normalized spacial score (nSPS) is 20.6. The third-order valence-corrected chi connectivity index (χ3v) is 6.61. The highest BCUT2D eigenvalue weighted by Gasteiger charge is 2.44. The van der Waals surface area contributed by atoms with Crippen molar-refractivity contribution in [1.82, 2.24) is 10.3 Å². The lowest BCUT2D eigenvalue weighted by Crippen LogP contribution is -2.46. The summed E-state index contributed by atoms with van der Waals surface area (Å²) in [7, 11) is 0. The Kier molecular flexibility index (Phi) is 5.98. The number of ether oxygens (including phenoxy) is 1. The predicted molar refractivity (Wildman–Crippen MR) is 110 cm³/mol. The van der Waals surface area contributed by atoms with E-state index in [1.807, 2.05) is 36.5 Å². The second-order valence-electron chi connectivity index (χ2n) is 7.98. The molecule has 0 radical (unpaired) electrons. The van der Waals surface area contributed by atoms with Gasteiger partial charge in [0.1, 0.15) is 0 Å². The summed E-state index contributed by atoms with van der Waals surface area (Å²) in [5.74, 6) is 0.498. The highest BCUT2D eigenvalue weighted by atomic mass is 35.5. The van der Waals surface area contributed by atoms with E-state index in [1.165, 1.54) is 0 Å². The van der Waals surface area contributed by atoms with Crippen molar-refractivity contribution in [2.45, 2.75) is 50.0 Å². The standard InChI is InChI=1S/C23H27ClN2O2/c24-20-7-5-19(6-8-20)23(11-1-2-12-23)22(27)26-21(17-9-14-28-15-10-17)18-4-3-13-25-16-18/h3-8,13,16-17,21H,1-2,9-12,14-15H2,(H,26,27)/t21-/m0/s1. The van der Waals surface area contributed by atoms with Crippen LogP contribution in [0.5, 0.6) is 0 Å². The number of benzene rings is 1. The van der Waals surface area contributed by atoms with Crippen LogP contribution in [0.4, 0.5) is 0 Å². The molecule has 5 heteroatoms. The Balaban J connectivity index is 1.63. The number of amides is 1. The molecule has 2 heterocycles. The Morgan fingerprint density at radius 2 is 1.86 bits per heavy atom. The van der Waals surface area contributed by atoms with Gasteiger partial charge < -0.3 is 10.1 Å². The van der Waals surface area contributed by atoms with Crippen LogP contribution in [-0.4, -0.2) is 24.1 Å². The molecule has 4 nitrogen and oxygen atoms in total. The lowest BCUT2D eigenvalue weighted by Gasteiger charge is -2.35. The molecular formula is C23H27ClN2O2. The number of aromatic nitrogens is 1. The molecule has 1 amide bonds. The zero-order valence-corrected chi connectivity index (χ0v) is 16.8. The van der Waals surface area contributed by atoms with Gasteiger partial charge in [0.15, 0.2) is 0 Å². The molecule has 148 valence electrons. The topological polar surface area (TPSA) is 51.2 Å². The number of hydrogen-bond donors (Lipinski definition) is 1. The highest BCUT2D eigenvalue weighted by molar-refractivity contribution is 6.30. The maximum absolute atomic E-state index is 13.7. The zero-order chi connectivity index (χ0) is 19.4. The molecule has 0 spiro atoms. The number of nitrogens with one attached hydrogen (secondary N) is 1. The van der Waals surface area contributed by atoms with E-state index >= 15 is 0 Å². The summed E-state index contributed by atoms with van der Waals surface area (Å²) in [6.45, 7) is 1.50. The first-order valence-corrected chi connectivity index (χ1v) is 10.6. The van der Waals surface area contributed by atoms with Crippen molar-refractivity contribution in [2.75, 3.05) is 13.2 Å². The van der Waals surface area contributed by atoms with Gasteiger partial charge in [-0.3, -0.25) is 9.78 Å². The van der Waals surface area contributed by atoms with Gasteiger partial charge in [-0.25, -0.2) is 0 Å². The summed E-state index contributed by atoms with van der Waals surface area (Å²) in [5, 5.41) is 4.13. The smallest absolute Gasteiger partial charge is 0.231 e. The van der Waals surface area contributed by atoms with Gasteiger partial charge in [-0.05, 0) is 60.9 Å². The summed E-state index contributed by atoms with van der Waals surface area (Å²) in [4.78, 5) is 18.0. The fourth-order valence-corrected chi connectivity index (χ4v) is 4.88. The van der Waals surface area contributed by atoms with E-state index in [-0.39, 0.29) is 11.9 Å². The molecule has 1 saturated carbocycles. The van der Waals surface area contributed by atoms with Crippen LogP contribution in [0.2, 0.25) is 5.02 Å². The minimum atomic E-state index is -0.462. The van der Waals surface area contributed by atoms with Crippen LogP contribution < -0.4 is 5.32 Å². The number of pyridine rings is 1. The molecule has 1 aliphatic carbocycles. The number of rotatable bonds is 5. The van der Waals surface area contributed by atoms with Crippen molar-refractivity contribution in [3.05, 3.63) is 64.9 Å². The quantitative estimate of drug-likeness (QED) is 0.784. The number of carbonyl (C=O) groups excluding carboxylic acids is 1. The van der Waals surface area contributed by atoms with Crippen molar-refractivity contribution < 1.29 is 9.53 Å². The molecule has 0 unspecified atom stereocenters. The first-order chi connectivity index (χ1) is 13.7. The second kappa shape index (κ2) is 8.62. The number of carbonyl (C=O) groups is 1. The van der Waals surface area contributed by atoms with Crippen molar-refractivity contribution in [1.29, 1.82) is 0 Å². The fraction of sp³-hybridized carbons (Fsp3) is 0.478. The Bertz CT molecular complexity index is 782. The number of nitrogens with zero attached hydrogens (tertiary/aromatic N) is 1.